The summed E-state index contributed by atoms with van der Waals surface area (Å²) in [7, 11) is 18.9. The Balaban J connectivity index is 0.000000115. The summed E-state index contributed by atoms with van der Waals surface area (Å²) in [5.74, 6) is 0. The smallest absolute Gasteiger partial charge is 0.334 e. The van der Waals surface area contributed by atoms with Gasteiger partial charge in [0.1, 0.15) is 73.2 Å². The molecule has 0 bridgehead atoms. The lowest BCUT2D eigenvalue weighted by molar-refractivity contribution is -0.682. The van der Waals surface area contributed by atoms with Crippen molar-refractivity contribution in [2.24, 2.45) is 63.4 Å². The van der Waals surface area contributed by atoms with Crippen molar-refractivity contribution >= 4 is 89.4 Å². The highest BCUT2D eigenvalue weighted by atomic mass is 32.1. The topological polar surface area (TPSA) is 75.1 Å². The average molecular weight is 1310 g/mol. The van der Waals surface area contributed by atoms with Gasteiger partial charge in [-0.25, -0.2) is 4.98 Å². The van der Waals surface area contributed by atoms with Crippen molar-refractivity contribution in [1.29, 1.82) is 0 Å². The minimum Gasteiger partial charge on any atom is -0.455 e. The second-order valence-corrected chi connectivity index (χ2v) is 27.4. The molecule has 0 unspecified atom stereocenters. The van der Waals surface area contributed by atoms with Crippen LogP contribution >= 0.6 is 45.3 Å². The molecule has 466 valence electrons. The van der Waals surface area contributed by atoms with Gasteiger partial charge in [0.2, 0.25) is 28.5 Å². The molecule has 0 N–H and O–H groups in total. The first kappa shape index (κ1) is 62.8. The molecule has 0 fully saturated rings. The van der Waals surface area contributed by atoms with Crippen LogP contribution < -0.4 is 36.5 Å². The SMILES string of the molecule is Cc1ccc2c(n1)oc1c(-c3cccc(-c4scc[n+]4C)[n+]3C)c(C)ccc12.Cc1ccc2c(oc3ccccc32)c1-c1cccc(-c2scc[n+]2C)[n+]1C.Cc1ccccc1-c1cccc(-c2scc[n+]2C)[n+]1C.Cn1cccc1-c1cccc(-c2scc[n+]2C)[n+]1C. The average Bonchev–Trinajstić information content (AvgIpc) is 1.57. The van der Waals surface area contributed by atoms with Crippen molar-refractivity contribution in [2.45, 2.75) is 27.7 Å². The summed E-state index contributed by atoms with van der Waals surface area (Å²) in [6.07, 6.45) is 10.5. The van der Waals surface area contributed by atoms with Crippen LogP contribution in [-0.2, 0) is 63.4 Å². The Morgan fingerprint density at radius 2 is 0.766 bits per heavy atom. The van der Waals surface area contributed by atoms with Gasteiger partial charge >= 0.3 is 20.0 Å². The predicted molar refractivity (Wildman–Crippen MR) is 380 cm³/mol. The third-order valence-electron chi connectivity index (χ3n) is 17.7. The molecule has 12 nitrogen and oxygen atoms in total. The summed E-state index contributed by atoms with van der Waals surface area (Å²) in [5, 5.41) is 17.9. The normalized spacial score (nSPS) is 11.2. The van der Waals surface area contributed by atoms with Gasteiger partial charge in [-0.05, 0) is 105 Å². The largest absolute Gasteiger partial charge is 0.455 e. The number of hydrogen-bond donors (Lipinski definition) is 0. The molecule has 0 atom stereocenters. The van der Waals surface area contributed by atoms with Crippen molar-refractivity contribution in [3.63, 3.8) is 0 Å². The molecule has 16 aromatic rings. The minimum atomic E-state index is 0.699. The Morgan fingerprint density at radius 1 is 0.351 bits per heavy atom. The van der Waals surface area contributed by atoms with Gasteiger partial charge in [0.15, 0.2) is 30.4 Å². The predicted octanol–water partition coefficient (Wildman–Crippen LogP) is 14.7. The highest BCUT2D eigenvalue weighted by molar-refractivity contribution is 7.13. The van der Waals surface area contributed by atoms with Gasteiger partial charge < -0.3 is 13.4 Å². The number of nitrogens with zero attached hydrogens (tertiary/aromatic N) is 10. The van der Waals surface area contributed by atoms with Gasteiger partial charge in [-0.15, -0.1) is 0 Å². The van der Waals surface area contributed by atoms with E-state index in [4.69, 9.17) is 8.83 Å². The number of pyridine rings is 5. The molecule has 12 aromatic heterocycles. The Bertz CT molecular complexity index is 5420. The zero-order chi connectivity index (χ0) is 65.5. The summed E-state index contributed by atoms with van der Waals surface area (Å²) in [5.41, 5.74) is 22.5. The Hall–Kier alpha value is -9.97. The standard InChI is InChI=1S/C23H21N3OS.C23H20N2OS.C17H18N2S.C15H17N3S/c1-14-8-10-16-17-11-9-15(2)24-22(17)27-21(16)20(14)18-6-5-7-19(26(18)4)23-25(3)12-13-28-23;1-15-11-12-17-16-7-4-5-10-20(16)26-22(17)21(15)18-8-6-9-19(25(18)3)23-24(2)13-14-27-23;1-13-7-4-5-8-14(13)15-9-6-10-16(19(15)3)17-18(2)11-12-20-17;1-16-9-5-8-12(16)13-6-4-7-14(18(13)3)15-17(2)10-11-19-15/h5-13H,1-4H3;4-14H,1-3H3;4-12H,1-3H3;4-11H,1-3H3/q4*+2. The van der Waals surface area contributed by atoms with Crippen LogP contribution in [0.5, 0.6) is 0 Å². The summed E-state index contributed by atoms with van der Waals surface area (Å²) in [4.78, 5) is 4.59. The third kappa shape index (κ3) is 11.9. The first-order valence-corrected chi connectivity index (χ1v) is 34.7. The maximum absolute atomic E-state index is 6.31. The lowest BCUT2D eigenvalue weighted by atomic mass is 10.0. The van der Waals surface area contributed by atoms with Crippen LogP contribution in [0.15, 0.2) is 231 Å². The van der Waals surface area contributed by atoms with Crippen molar-refractivity contribution in [3.05, 3.63) is 245 Å². The molecule has 0 aliphatic rings. The first-order valence-electron chi connectivity index (χ1n) is 31.1. The fraction of sp³-hybridized carbons (Fsp3) is 0.167. The van der Waals surface area contributed by atoms with Crippen LogP contribution in [0.3, 0.4) is 0 Å². The molecule has 4 aromatic carbocycles. The molecule has 0 radical (unpaired) electrons. The molecule has 0 aliphatic heterocycles. The van der Waals surface area contributed by atoms with Gasteiger partial charge in [-0.1, -0.05) is 106 Å². The Kier molecular flexibility index (Phi) is 17.8. The van der Waals surface area contributed by atoms with E-state index in [0.717, 1.165) is 61.1 Å². The van der Waals surface area contributed by atoms with Crippen molar-refractivity contribution in [1.82, 2.24) is 9.55 Å². The maximum atomic E-state index is 6.31. The second-order valence-electron chi connectivity index (χ2n) is 23.8. The molecular formula is C78H76N10O2S4+8. The molecule has 0 amide bonds. The van der Waals surface area contributed by atoms with Crippen molar-refractivity contribution < 1.29 is 45.4 Å². The number of aryl methyl sites for hydroxylation is 9. The van der Waals surface area contributed by atoms with E-state index in [-0.39, 0.29) is 0 Å². The van der Waals surface area contributed by atoms with Gasteiger partial charge in [-0.3, -0.25) is 0 Å². The van der Waals surface area contributed by atoms with E-state index in [0.29, 0.717) is 5.71 Å². The molecule has 12 heterocycles. The number of thiazole rings is 4. The number of rotatable bonds is 8. The highest BCUT2D eigenvalue weighted by Crippen LogP contribution is 2.39. The fourth-order valence-corrected chi connectivity index (χ4v) is 16.3. The van der Waals surface area contributed by atoms with E-state index in [2.05, 4.69) is 334 Å². The molecule has 0 aliphatic carbocycles. The minimum absolute atomic E-state index is 0.699. The quantitative estimate of drug-likeness (QED) is 0.142. The van der Waals surface area contributed by atoms with Crippen LogP contribution in [0.4, 0.5) is 0 Å². The molecular weight excluding hydrogens is 1240 g/mol. The highest BCUT2D eigenvalue weighted by Gasteiger charge is 2.31. The number of fused-ring (bicyclic) bond motifs is 6. The number of benzene rings is 4. The van der Waals surface area contributed by atoms with E-state index in [9.17, 15) is 0 Å². The van der Waals surface area contributed by atoms with E-state index >= 15 is 0 Å². The lowest BCUT2D eigenvalue weighted by Gasteiger charge is -2.07. The van der Waals surface area contributed by atoms with Gasteiger partial charge in [-0.2, -0.15) is 36.5 Å². The van der Waals surface area contributed by atoms with Crippen LogP contribution in [0.2, 0.25) is 0 Å². The zero-order valence-corrected chi connectivity index (χ0v) is 58.5. The summed E-state index contributed by atoms with van der Waals surface area (Å²) >= 11 is 7.02. The Labute approximate surface area is 564 Å². The van der Waals surface area contributed by atoms with Crippen molar-refractivity contribution in [3.8, 4) is 88.0 Å². The molecule has 0 spiro atoms. The van der Waals surface area contributed by atoms with Crippen molar-refractivity contribution in [2.75, 3.05) is 0 Å². The molecule has 0 saturated carbocycles. The maximum Gasteiger partial charge on any atom is 0.334 e. The number of furan rings is 2. The van der Waals surface area contributed by atoms with E-state index in [1.165, 1.54) is 87.5 Å². The number of aromatic nitrogens is 10. The first-order chi connectivity index (χ1) is 45.6. The monoisotopic (exact) mass is 1310 g/mol. The van der Waals surface area contributed by atoms with E-state index in [1.807, 2.05) is 25.1 Å². The molecule has 94 heavy (non-hydrogen) atoms. The lowest BCUT2D eigenvalue weighted by Crippen LogP contribution is -2.38. The third-order valence-corrected chi connectivity index (χ3v) is 21.6. The zero-order valence-electron chi connectivity index (χ0n) is 55.3. The number of para-hydroxylation sites is 1. The Morgan fingerprint density at radius 3 is 1.24 bits per heavy atom. The molecule has 16 rings (SSSR count). The van der Waals surface area contributed by atoms with Crippen LogP contribution in [0.25, 0.3) is 132 Å². The van der Waals surface area contributed by atoms with Gasteiger partial charge in [0.05, 0.1) is 32.6 Å². The van der Waals surface area contributed by atoms with E-state index < -0.39 is 0 Å². The fourth-order valence-electron chi connectivity index (χ4n) is 12.6. The summed E-state index contributed by atoms with van der Waals surface area (Å²) in [6, 6.07) is 59.7. The van der Waals surface area contributed by atoms with Gasteiger partial charge in [0.25, 0.3) is 22.8 Å². The van der Waals surface area contributed by atoms with Gasteiger partial charge in [0, 0.05) is 94.6 Å². The van der Waals surface area contributed by atoms with Crippen LogP contribution in [-0.4, -0.2) is 9.55 Å². The van der Waals surface area contributed by atoms with E-state index in [1.54, 1.807) is 45.3 Å². The second kappa shape index (κ2) is 26.6. The summed E-state index contributed by atoms with van der Waals surface area (Å²) in [6.45, 7) is 8.44. The van der Waals surface area contributed by atoms with Crippen LogP contribution in [0.1, 0.15) is 22.4 Å². The molecule has 0 saturated heterocycles. The van der Waals surface area contributed by atoms with Crippen LogP contribution in [0, 0.1) is 27.7 Å². The summed E-state index contributed by atoms with van der Waals surface area (Å²) < 4.78 is 32.4. The molecule has 16 heteroatoms. The number of hydrogen-bond acceptors (Lipinski definition) is 7.